The summed E-state index contributed by atoms with van der Waals surface area (Å²) in [4.78, 5) is 24.6. The molecule has 0 aromatic heterocycles. The van der Waals surface area contributed by atoms with Gasteiger partial charge in [0.2, 0.25) is 5.91 Å². The Morgan fingerprint density at radius 2 is 1.52 bits per heavy atom. The Labute approximate surface area is 172 Å². The fourth-order valence-electron chi connectivity index (χ4n) is 2.71. The first-order valence-electron chi connectivity index (χ1n) is 9.82. The zero-order valence-electron chi connectivity index (χ0n) is 17.8. The van der Waals surface area contributed by atoms with Crippen LogP contribution in [0.3, 0.4) is 0 Å². The van der Waals surface area contributed by atoms with Gasteiger partial charge in [0.1, 0.15) is 0 Å². The van der Waals surface area contributed by atoms with Gasteiger partial charge in [0.15, 0.2) is 11.5 Å². The molecule has 0 saturated carbocycles. The summed E-state index contributed by atoms with van der Waals surface area (Å²) >= 11 is 0. The second-order valence-corrected chi connectivity index (χ2v) is 7.59. The fraction of sp³-hybridized carbons (Fsp3) is 0.391. The Kier molecular flexibility index (Phi) is 7.65. The summed E-state index contributed by atoms with van der Waals surface area (Å²) in [6.45, 7) is 11.0. The van der Waals surface area contributed by atoms with Gasteiger partial charge in [-0.3, -0.25) is 9.59 Å². The van der Waals surface area contributed by atoms with E-state index in [0.29, 0.717) is 36.0 Å². The predicted molar refractivity (Wildman–Crippen MR) is 115 cm³/mol. The molecule has 0 heterocycles. The van der Waals surface area contributed by atoms with Crippen LogP contribution < -0.4 is 20.1 Å². The number of benzene rings is 2. The van der Waals surface area contributed by atoms with E-state index in [1.54, 1.807) is 18.2 Å². The van der Waals surface area contributed by atoms with Crippen molar-refractivity contribution in [1.29, 1.82) is 0 Å². The average molecular weight is 399 g/mol. The van der Waals surface area contributed by atoms with Crippen molar-refractivity contribution in [3.05, 3.63) is 53.6 Å². The van der Waals surface area contributed by atoms with Gasteiger partial charge >= 0.3 is 0 Å². The highest BCUT2D eigenvalue weighted by Gasteiger charge is 2.14. The minimum absolute atomic E-state index is 0.0502. The molecule has 2 N–H and O–H groups in total. The molecule has 156 valence electrons. The summed E-state index contributed by atoms with van der Waals surface area (Å²) in [5.41, 5.74) is 2.33. The topological polar surface area (TPSA) is 76.7 Å². The maximum Gasteiger partial charge on any atom is 0.251 e. The number of hydrogen-bond donors (Lipinski definition) is 2. The quantitative estimate of drug-likeness (QED) is 0.700. The van der Waals surface area contributed by atoms with Gasteiger partial charge in [-0.05, 0) is 55.2 Å². The van der Waals surface area contributed by atoms with E-state index in [1.165, 1.54) is 5.56 Å². The fourth-order valence-corrected chi connectivity index (χ4v) is 2.71. The first-order chi connectivity index (χ1) is 13.7. The first-order valence-corrected chi connectivity index (χ1v) is 9.82. The van der Waals surface area contributed by atoms with E-state index in [0.717, 1.165) is 0 Å². The van der Waals surface area contributed by atoms with Crippen molar-refractivity contribution in [2.75, 3.05) is 25.1 Å². The number of carbonyl (C=O) groups excluding carboxylic acids is 2. The zero-order valence-corrected chi connectivity index (χ0v) is 17.8. The maximum atomic E-state index is 12.4. The summed E-state index contributed by atoms with van der Waals surface area (Å²) in [7, 11) is 0. The molecule has 2 aromatic carbocycles. The van der Waals surface area contributed by atoms with Crippen LogP contribution in [0.4, 0.5) is 5.69 Å². The van der Waals surface area contributed by atoms with Crippen LogP contribution in [-0.4, -0.2) is 31.6 Å². The Morgan fingerprint density at radius 1 is 0.897 bits per heavy atom. The van der Waals surface area contributed by atoms with Gasteiger partial charge in [-0.25, -0.2) is 0 Å². The van der Waals surface area contributed by atoms with Gasteiger partial charge in [0.25, 0.3) is 5.91 Å². The monoisotopic (exact) mass is 398 g/mol. The lowest BCUT2D eigenvalue weighted by atomic mass is 9.87. The van der Waals surface area contributed by atoms with E-state index in [2.05, 4.69) is 31.4 Å². The molecule has 0 aliphatic rings. The minimum Gasteiger partial charge on any atom is -0.490 e. The van der Waals surface area contributed by atoms with E-state index in [9.17, 15) is 9.59 Å². The number of anilines is 1. The highest BCUT2D eigenvalue weighted by Crippen LogP contribution is 2.28. The van der Waals surface area contributed by atoms with Crippen LogP contribution in [0.5, 0.6) is 11.5 Å². The van der Waals surface area contributed by atoms with Crippen molar-refractivity contribution < 1.29 is 19.1 Å². The van der Waals surface area contributed by atoms with Crippen molar-refractivity contribution >= 4 is 17.5 Å². The van der Waals surface area contributed by atoms with Crippen LogP contribution in [0.1, 0.15) is 50.5 Å². The molecule has 0 radical (unpaired) electrons. The average Bonchev–Trinajstić information content (AvgIpc) is 2.67. The Hall–Kier alpha value is -3.02. The molecule has 6 nitrogen and oxygen atoms in total. The Bertz CT molecular complexity index is 839. The lowest BCUT2D eigenvalue weighted by Gasteiger charge is -2.19. The maximum absolute atomic E-state index is 12.4. The van der Waals surface area contributed by atoms with Crippen molar-refractivity contribution in [3.63, 3.8) is 0 Å². The molecule has 0 aliphatic heterocycles. The molecule has 29 heavy (non-hydrogen) atoms. The smallest absolute Gasteiger partial charge is 0.251 e. The summed E-state index contributed by atoms with van der Waals surface area (Å²) in [6.07, 6.45) is 0. The molecule has 6 heteroatoms. The number of rotatable bonds is 8. The third-order valence-electron chi connectivity index (χ3n) is 4.25. The van der Waals surface area contributed by atoms with Crippen LogP contribution in [0.25, 0.3) is 0 Å². The SMILES string of the molecule is CCOc1ccc(C(=O)NCC(=O)Nc2ccc(C(C)(C)C)cc2)cc1OCC. The van der Waals surface area contributed by atoms with E-state index < -0.39 is 0 Å². The number of hydrogen-bond acceptors (Lipinski definition) is 4. The van der Waals surface area contributed by atoms with Gasteiger partial charge in [-0.1, -0.05) is 32.9 Å². The molecule has 0 atom stereocenters. The van der Waals surface area contributed by atoms with Gasteiger partial charge < -0.3 is 20.1 Å². The number of nitrogens with one attached hydrogen (secondary N) is 2. The Morgan fingerprint density at radius 3 is 2.10 bits per heavy atom. The molecule has 0 fully saturated rings. The molecule has 0 aliphatic carbocycles. The lowest BCUT2D eigenvalue weighted by molar-refractivity contribution is -0.115. The molecular weight excluding hydrogens is 368 g/mol. The second kappa shape index (κ2) is 9.96. The molecule has 0 unspecified atom stereocenters. The third-order valence-corrected chi connectivity index (χ3v) is 4.25. The number of carbonyl (C=O) groups is 2. The summed E-state index contributed by atoms with van der Waals surface area (Å²) in [6, 6.07) is 12.7. The highest BCUT2D eigenvalue weighted by molar-refractivity contribution is 5.99. The third kappa shape index (κ3) is 6.52. The molecule has 0 saturated heterocycles. The lowest BCUT2D eigenvalue weighted by Crippen LogP contribution is -2.32. The molecule has 0 bridgehead atoms. The van der Waals surface area contributed by atoms with Crippen molar-refractivity contribution in [3.8, 4) is 11.5 Å². The van der Waals surface area contributed by atoms with Crippen molar-refractivity contribution in [1.82, 2.24) is 5.32 Å². The summed E-state index contributed by atoms with van der Waals surface area (Å²) < 4.78 is 11.0. The molecule has 2 aromatic rings. The summed E-state index contributed by atoms with van der Waals surface area (Å²) in [5.74, 6) is 0.442. The van der Waals surface area contributed by atoms with Gasteiger partial charge in [0, 0.05) is 11.3 Å². The molecule has 0 spiro atoms. The molecular formula is C23H30N2O4. The standard InChI is InChI=1S/C23H30N2O4/c1-6-28-19-13-8-16(14-20(19)29-7-2)22(27)24-15-21(26)25-18-11-9-17(10-12-18)23(3,4)5/h8-14H,6-7,15H2,1-5H3,(H,24,27)(H,25,26). The van der Waals surface area contributed by atoms with E-state index in [1.807, 2.05) is 38.1 Å². The largest absolute Gasteiger partial charge is 0.490 e. The molecule has 2 amide bonds. The highest BCUT2D eigenvalue weighted by atomic mass is 16.5. The number of amides is 2. The normalized spacial score (nSPS) is 10.9. The van der Waals surface area contributed by atoms with Crippen LogP contribution in [0.15, 0.2) is 42.5 Å². The predicted octanol–water partition coefficient (Wildman–Crippen LogP) is 4.15. The van der Waals surface area contributed by atoms with Crippen LogP contribution >= 0.6 is 0 Å². The van der Waals surface area contributed by atoms with E-state index in [-0.39, 0.29) is 23.8 Å². The number of ether oxygens (including phenoxy) is 2. The van der Waals surface area contributed by atoms with Crippen LogP contribution in [0.2, 0.25) is 0 Å². The zero-order chi connectivity index (χ0) is 21.4. The first kappa shape index (κ1) is 22.3. The van der Waals surface area contributed by atoms with E-state index in [4.69, 9.17) is 9.47 Å². The van der Waals surface area contributed by atoms with Gasteiger partial charge in [0.05, 0.1) is 19.8 Å². The van der Waals surface area contributed by atoms with Crippen molar-refractivity contribution in [2.45, 2.75) is 40.0 Å². The van der Waals surface area contributed by atoms with Gasteiger partial charge in [-0.2, -0.15) is 0 Å². The van der Waals surface area contributed by atoms with Gasteiger partial charge in [-0.15, -0.1) is 0 Å². The van der Waals surface area contributed by atoms with Crippen LogP contribution in [-0.2, 0) is 10.2 Å². The van der Waals surface area contributed by atoms with E-state index >= 15 is 0 Å². The summed E-state index contributed by atoms with van der Waals surface area (Å²) in [5, 5.41) is 5.41. The van der Waals surface area contributed by atoms with Crippen LogP contribution in [0, 0.1) is 0 Å². The second-order valence-electron chi connectivity index (χ2n) is 7.59. The van der Waals surface area contributed by atoms with Crippen molar-refractivity contribution in [2.24, 2.45) is 0 Å². The minimum atomic E-state index is -0.354. The Balaban J connectivity index is 1.94. The molecule has 2 rings (SSSR count).